The molecule has 1 aliphatic heterocycles. The first-order valence-electron chi connectivity index (χ1n) is 10.9. The van der Waals surface area contributed by atoms with Crippen molar-refractivity contribution in [2.24, 2.45) is 5.92 Å². The first-order valence-corrected chi connectivity index (χ1v) is 11.3. The topological polar surface area (TPSA) is 32.3 Å². The van der Waals surface area contributed by atoms with Crippen molar-refractivity contribution < 1.29 is 22.4 Å². The average Bonchev–Trinajstić information content (AvgIpc) is 3.03. The standard InChI is InChI=1S/C22H22F4N2OS.C2H6/c23-16-9-15(10-16)21(29)28-12-22(25,26)20(27-30)18(28)11-14-7-4-8-17(19(14)24)13-5-2-1-3-6-13;1-2/h1-8,15-16,18,20,27,30H,9-12H2;1-2H3. The second-order valence-corrected chi connectivity index (χ2v) is 8.27. The minimum absolute atomic E-state index is 0.0461. The molecular formula is C24H28F4N2OS. The molecule has 8 heteroatoms. The Morgan fingerprint density at radius 3 is 2.38 bits per heavy atom. The highest BCUT2D eigenvalue weighted by molar-refractivity contribution is 7.78. The summed E-state index contributed by atoms with van der Waals surface area (Å²) in [4.78, 5) is 13.9. The summed E-state index contributed by atoms with van der Waals surface area (Å²) in [5, 5.41) is 0. The van der Waals surface area contributed by atoms with Crippen molar-refractivity contribution in [2.75, 3.05) is 6.54 Å². The lowest BCUT2D eigenvalue weighted by atomic mass is 9.82. The number of amides is 1. The molecule has 0 radical (unpaired) electrons. The number of hydrogen-bond acceptors (Lipinski definition) is 3. The Balaban J connectivity index is 0.00000141. The van der Waals surface area contributed by atoms with E-state index in [0.29, 0.717) is 11.1 Å². The van der Waals surface area contributed by atoms with Gasteiger partial charge in [-0.1, -0.05) is 75.2 Å². The highest BCUT2D eigenvalue weighted by Crippen LogP contribution is 2.39. The summed E-state index contributed by atoms with van der Waals surface area (Å²) in [7, 11) is 0. The molecule has 32 heavy (non-hydrogen) atoms. The van der Waals surface area contributed by atoms with E-state index in [-0.39, 0.29) is 24.8 Å². The zero-order valence-corrected chi connectivity index (χ0v) is 19.0. The fourth-order valence-corrected chi connectivity index (χ4v) is 4.70. The van der Waals surface area contributed by atoms with Crippen LogP contribution in [-0.4, -0.2) is 41.5 Å². The van der Waals surface area contributed by atoms with Crippen molar-refractivity contribution in [3.05, 3.63) is 59.9 Å². The Morgan fingerprint density at radius 2 is 1.78 bits per heavy atom. The van der Waals surface area contributed by atoms with Crippen molar-refractivity contribution in [2.45, 2.75) is 57.3 Å². The van der Waals surface area contributed by atoms with Crippen molar-refractivity contribution in [3.8, 4) is 11.1 Å². The van der Waals surface area contributed by atoms with E-state index >= 15 is 4.39 Å². The van der Waals surface area contributed by atoms with E-state index in [2.05, 4.69) is 17.5 Å². The summed E-state index contributed by atoms with van der Waals surface area (Å²) < 4.78 is 60.0. The summed E-state index contributed by atoms with van der Waals surface area (Å²) in [6, 6.07) is 11.3. The molecule has 2 atom stereocenters. The van der Waals surface area contributed by atoms with Gasteiger partial charge < -0.3 is 4.90 Å². The van der Waals surface area contributed by atoms with Crippen molar-refractivity contribution in [1.82, 2.24) is 9.62 Å². The number of carbonyl (C=O) groups excluding carboxylic acids is 1. The van der Waals surface area contributed by atoms with Crippen LogP contribution in [0.25, 0.3) is 11.1 Å². The van der Waals surface area contributed by atoms with E-state index in [4.69, 9.17) is 0 Å². The van der Waals surface area contributed by atoms with E-state index < -0.39 is 48.4 Å². The molecule has 2 aromatic carbocycles. The number of carbonyl (C=O) groups is 1. The molecule has 2 unspecified atom stereocenters. The Morgan fingerprint density at radius 1 is 1.12 bits per heavy atom. The lowest BCUT2D eigenvalue weighted by Crippen LogP contribution is -2.50. The SMILES string of the molecule is CC.O=C(C1CC(F)C1)N1CC(F)(F)C(NS)C1Cc1cccc(-c2ccccc2)c1F. The Labute approximate surface area is 191 Å². The molecular weight excluding hydrogens is 440 g/mol. The first-order chi connectivity index (χ1) is 15.3. The van der Waals surface area contributed by atoms with Crippen LogP contribution in [0, 0.1) is 11.7 Å². The van der Waals surface area contributed by atoms with Crippen LogP contribution in [0.3, 0.4) is 0 Å². The fourth-order valence-electron chi connectivity index (χ4n) is 4.34. The van der Waals surface area contributed by atoms with Gasteiger partial charge in [-0.05, 0) is 30.4 Å². The number of alkyl halides is 3. The summed E-state index contributed by atoms with van der Waals surface area (Å²) in [6.45, 7) is 3.21. The smallest absolute Gasteiger partial charge is 0.283 e. The molecule has 2 aliphatic rings. The predicted octanol–water partition coefficient (Wildman–Crippen LogP) is 5.46. The van der Waals surface area contributed by atoms with Crippen LogP contribution < -0.4 is 4.72 Å². The van der Waals surface area contributed by atoms with Crippen LogP contribution in [0.15, 0.2) is 48.5 Å². The van der Waals surface area contributed by atoms with Crippen LogP contribution in [0.1, 0.15) is 32.3 Å². The van der Waals surface area contributed by atoms with Crippen LogP contribution in [0.4, 0.5) is 17.6 Å². The zero-order valence-electron chi connectivity index (χ0n) is 18.1. The molecule has 0 aromatic heterocycles. The highest BCUT2D eigenvalue weighted by atomic mass is 32.1. The third-order valence-corrected chi connectivity index (χ3v) is 6.34. The largest absolute Gasteiger partial charge is 0.331 e. The number of rotatable bonds is 5. The normalized spacial score (nSPS) is 26.2. The van der Waals surface area contributed by atoms with Crippen LogP contribution >= 0.6 is 12.8 Å². The van der Waals surface area contributed by atoms with E-state index in [1.165, 1.54) is 6.07 Å². The Bertz CT molecular complexity index is 921. The Kier molecular flexibility index (Phi) is 7.88. The van der Waals surface area contributed by atoms with Gasteiger partial charge in [0.05, 0.1) is 12.6 Å². The van der Waals surface area contributed by atoms with E-state index in [1.807, 2.05) is 19.9 Å². The lowest BCUT2D eigenvalue weighted by molar-refractivity contribution is -0.142. The predicted molar refractivity (Wildman–Crippen MR) is 121 cm³/mol. The number of halogens is 4. The molecule has 174 valence electrons. The van der Waals surface area contributed by atoms with Gasteiger partial charge >= 0.3 is 0 Å². The quantitative estimate of drug-likeness (QED) is 0.451. The van der Waals surface area contributed by atoms with Gasteiger partial charge in [0.2, 0.25) is 5.91 Å². The minimum Gasteiger partial charge on any atom is -0.331 e. The van der Waals surface area contributed by atoms with Gasteiger partial charge in [-0.15, -0.1) is 0 Å². The lowest BCUT2D eigenvalue weighted by Gasteiger charge is -2.35. The second kappa shape index (κ2) is 10.3. The molecule has 2 fully saturated rings. The summed E-state index contributed by atoms with van der Waals surface area (Å²) >= 11 is 3.85. The molecule has 1 N–H and O–H groups in total. The molecule has 1 amide bonds. The van der Waals surface area contributed by atoms with Gasteiger partial charge in [0, 0.05) is 11.5 Å². The monoisotopic (exact) mass is 468 g/mol. The number of nitrogens with one attached hydrogen (secondary N) is 1. The van der Waals surface area contributed by atoms with E-state index in [1.54, 1.807) is 36.4 Å². The Hall–Kier alpha value is -2.06. The third-order valence-electron chi connectivity index (χ3n) is 6.07. The molecule has 3 nitrogen and oxygen atoms in total. The number of nitrogens with zero attached hydrogens (tertiary/aromatic N) is 1. The van der Waals surface area contributed by atoms with Gasteiger partial charge in [-0.25, -0.2) is 17.6 Å². The van der Waals surface area contributed by atoms with Crippen LogP contribution in [-0.2, 0) is 11.2 Å². The van der Waals surface area contributed by atoms with Crippen molar-refractivity contribution in [3.63, 3.8) is 0 Å². The average molecular weight is 469 g/mol. The maximum Gasteiger partial charge on any atom is 0.283 e. The second-order valence-electron chi connectivity index (χ2n) is 8.02. The fraction of sp³-hybridized carbons (Fsp3) is 0.458. The zero-order chi connectivity index (χ0) is 23.5. The molecule has 0 spiro atoms. The minimum atomic E-state index is -3.23. The molecule has 1 saturated heterocycles. The molecule has 2 aromatic rings. The molecule has 4 rings (SSSR count). The van der Waals surface area contributed by atoms with E-state index in [9.17, 15) is 18.0 Å². The molecule has 1 heterocycles. The maximum absolute atomic E-state index is 15.3. The summed E-state index contributed by atoms with van der Waals surface area (Å²) in [5.41, 5.74) is 1.28. The van der Waals surface area contributed by atoms with Gasteiger partial charge in [0.15, 0.2) is 0 Å². The van der Waals surface area contributed by atoms with E-state index in [0.717, 1.165) is 4.90 Å². The van der Waals surface area contributed by atoms with Crippen molar-refractivity contribution >= 4 is 18.7 Å². The first kappa shape index (κ1) is 24.6. The van der Waals surface area contributed by atoms with Gasteiger partial charge in [-0.3, -0.25) is 9.52 Å². The highest BCUT2D eigenvalue weighted by Gasteiger charge is 2.57. The van der Waals surface area contributed by atoms with Gasteiger partial charge in [-0.2, -0.15) is 0 Å². The van der Waals surface area contributed by atoms with Crippen LogP contribution in [0.2, 0.25) is 0 Å². The van der Waals surface area contributed by atoms with Gasteiger partial charge in [0.1, 0.15) is 18.0 Å². The molecule has 1 aliphatic carbocycles. The number of benzene rings is 2. The number of likely N-dealkylation sites (tertiary alicyclic amines) is 1. The molecule has 0 bridgehead atoms. The number of hydrogen-bond donors (Lipinski definition) is 2. The van der Waals surface area contributed by atoms with Crippen molar-refractivity contribution in [1.29, 1.82) is 0 Å². The number of thiol groups is 1. The van der Waals surface area contributed by atoms with Gasteiger partial charge in [0.25, 0.3) is 5.92 Å². The summed E-state index contributed by atoms with van der Waals surface area (Å²) in [6.07, 6.45) is -1.08. The van der Waals surface area contributed by atoms with Crippen LogP contribution in [0.5, 0.6) is 0 Å². The summed E-state index contributed by atoms with van der Waals surface area (Å²) in [5.74, 6) is -4.83. The third kappa shape index (κ3) is 4.81. The molecule has 1 saturated carbocycles. The maximum atomic E-state index is 15.3.